The summed E-state index contributed by atoms with van der Waals surface area (Å²) in [5.41, 5.74) is 0. The molecular weight excluding hydrogens is 319 g/mol. The number of carbonyl (C=O) groups excluding carboxylic acids is 1. The molecule has 25 heavy (non-hydrogen) atoms. The first-order chi connectivity index (χ1) is 11.8. The van der Waals surface area contributed by atoms with E-state index in [0.29, 0.717) is 0 Å². The van der Waals surface area contributed by atoms with Crippen LogP contribution in [0.15, 0.2) is 48.6 Å². The summed E-state index contributed by atoms with van der Waals surface area (Å²) in [6.45, 7) is 2.27. The van der Waals surface area contributed by atoms with E-state index in [1.54, 1.807) is 12.2 Å². The maximum Gasteiger partial charge on any atom is 1.00 e. The van der Waals surface area contributed by atoms with Crippen molar-refractivity contribution in [3.8, 4) is 0 Å². The SMILES string of the molecule is CCCCCCCCCCCCCC=CC=CC=CC=CC(=O)[O-].[Na+]. The fourth-order valence-corrected chi connectivity index (χ4v) is 2.49. The summed E-state index contributed by atoms with van der Waals surface area (Å²) < 4.78 is 0. The van der Waals surface area contributed by atoms with E-state index in [0.717, 1.165) is 12.5 Å². The molecule has 0 spiro atoms. The minimum atomic E-state index is -1.17. The van der Waals surface area contributed by atoms with Crippen molar-refractivity contribution in [2.24, 2.45) is 0 Å². The fraction of sp³-hybridized carbons (Fsp3) is 0.591. The van der Waals surface area contributed by atoms with E-state index in [9.17, 15) is 9.90 Å². The zero-order chi connectivity index (χ0) is 17.7. The van der Waals surface area contributed by atoms with Crippen molar-refractivity contribution in [3.05, 3.63) is 48.6 Å². The van der Waals surface area contributed by atoms with Crippen LogP contribution >= 0.6 is 0 Å². The van der Waals surface area contributed by atoms with Gasteiger partial charge in [0, 0.05) is 0 Å². The van der Waals surface area contributed by atoms with E-state index in [4.69, 9.17) is 0 Å². The van der Waals surface area contributed by atoms with E-state index in [1.807, 2.05) is 18.2 Å². The molecule has 0 aromatic carbocycles. The zero-order valence-electron chi connectivity index (χ0n) is 16.4. The molecule has 0 bridgehead atoms. The Morgan fingerprint density at radius 3 is 1.64 bits per heavy atom. The second-order valence-electron chi connectivity index (χ2n) is 6.20. The van der Waals surface area contributed by atoms with Crippen molar-refractivity contribution in [1.82, 2.24) is 0 Å². The average Bonchev–Trinajstić information content (AvgIpc) is 2.56. The van der Waals surface area contributed by atoms with Gasteiger partial charge in [-0.15, -0.1) is 0 Å². The Kier molecular flexibility index (Phi) is 25.0. The summed E-state index contributed by atoms with van der Waals surface area (Å²) in [5.74, 6) is -1.17. The molecule has 0 aliphatic rings. The molecule has 0 N–H and O–H groups in total. The van der Waals surface area contributed by atoms with E-state index >= 15 is 0 Å². The van der Waals surface area contributed by atoms with Crippen LogP contribution in [0.4, 0.5) is 0 Å². The van der Waals surface area contributed by atoms with Gasteiger partial charge in [0.2, 0.25) is 0 Å². The fourth-order valence-electron chi connectivity index (χ4n) is 2.49. The Balaban J connectivity index is 0. The molecule has 0 atom stereocenters. The van der Waals surface area contributed by atoms with Crippen molar-refractivity contribution < 1.29 is 39.5 Å². The molecule has 0 radical (unpaired) electrons. The summed E-state index contributed by atoms with van der Waals surface area (Å²) >= 11 is 0. The molecule has 0 amide bonds. The molecule has 0 aliphatic heterocycles. The molecule has 0 rings (SSSR count). The third-order valence-electron chi connectivity index (χ3n) is 3.90. The summed E-state index contributed by atoms with van der Waals surface area (Å²) in [5, 5.41) is 10.1. The molecule has 136 valence electrons. The molecule has 0 aliphatic carbocycles. The minimum Gasteiger partial charge on any atom is -0.545 e. The molecular formula is C22H35NaO2. The summed E-state index contributed by atoms with van der Waals surface area (Å²) in [4.78, 5) is 10.1. The van der Waals surface area contributed by atoms with Crippen molar-refractivity contribution in [2.45, 2.75) is 84.0 Å². The summed E-state index contributed by atoms with van der Waals surface area (Å²) in [6.07, 6.45) is 30.3. The number of hydrogen-bond donors (Lipinski definition) is 0. The van der Waals surface area contributed by atoms with E-state index in [-0.39, 0.29) is 29.6 Å². The number of aliphatic carboxylic acids is 1. The van der Waals surface area contributed by atoms with Gasteiger partial charge in [0.05, 0.1) is 5.97 Å². The third kappa shape index (κ3) is 25.8. The van der Waals surface area contributed by atoms with Gasteiger partial charge in [-0.3, -0.25) is 0 Å². The monoisotopic (exact) mass is 354 g/mol. The van der Waals surface area contributed by atoms with Crippen LogP contribution in [-0.4, -0.2) is 5.97 Å². The van der Waals surface area contributed by atoms with Crippen LogP contribution in [0.3, 0.4) is 0 Å². The van der Waals surface area contributed by atoms with Crippen LogP contribution in [0.25, 0.3) is 0 Å². The van der Waals surface area contributed by atoms with Crippen LogP contribution in [0.5, 0.6) is 0 Å². The van der Waals surface area contributed by atoms with E-state index in [1.165, 1.54) is 76.7 Å². The first-order valence-corrected chi connectivity index (χ1v) is 9.65. The predicted molar refractivity (Wildman–Crippen MR) is 103 cm³/mol. The summed E-state index contributed by atoms with van der Waals surface area (Å²) in [7, 11) is 0. The number of carbonyl (C=O) groups is 1. The Bertz CT molecular complexity index is 395. The standard InChI is InChI=1S/C22H36O2.Na/c1-2-3-4-5-6-7-8-9-10-11-12-13-14-15-16-17-18-19-20-21-22(23)24;/h14-21H,2-13H2,1H3,(H,23,24);/q;+1/p-1. The van der Waals surface area contributed by atoms with Crippen molar-refractivity contribution in [2.75, 3.05) is 0 Å². The molecule has 0 saturated heterocycles. The molecule has 0 fully saturated rings. The van der Waals surface area contributed by atoms with Crippen molar-refractivity contribution in [1.29, 1.82) is 0 Å². The van der Waals surface area contributed by atoms with Gasteiger partial charge in [-0.05, 0) is 18.9 Å². The largest absolute Gasteiger partial charge is 1.00 e. The number of carboxylic acids is 1. The Morgan fingerprint density at radius 2 is 1.12 bits per heavy atom. The van der Waals surface area contributed by atoms with E-state index < -0.39 is 5.97 Å². The third-order valence-corrected chi connectivity index (χ3v) is 3.90. The number of hydrogen-bond acceptors (Lipinski definition) is 2. The van der Waals surface area contributed by atoms with Crippen LogP contribution in [0.1, 0.15) is 84.0 Å². The molecule has 0 aromatic rings. The molecule has 2 nitrogen and oxygen atoms in total. The zero-order valence-corrected chi connectivity index (χ0v) is 18.4. The second-order valence-corrected chi connectivity index (χ2v) is 6.20. The Hall–Kier alpha value is -0.570. The molecule has 0 aromatic heterocycles. The Morgan fingerprint density at radius 1 is 0.680 bits per heavy atom. The molecule has 3 heteroatoms. The van der Waals surface area contributed by atoms with Crippen LogP contribution in [0, 0.1) is 0 Å². The van der Waals surface area contributed by atoms with Gasteiger partial charge in [0.1, 0.15) is 0 Å². The Labute approximate surface area is 177 Å². The van der Waals surface area contributed by atoms with Gasteiger partial charge < -0.3 is 9.90 Å². The molecule has 0 saturated carbocycles. The van der Waals surface area contributed by atoms with Gasteiger partial charge in [-0.2, -0.15) is 0 Å². The maximum absolute atomic E-state index is 10.1. The number of carboxylic acid groups (broad SMARTS) is 1. The minimum absolute atomic E-state index is 0. The molecule has 0 heterocycles. The topological polar surface area (TPSA) is 40.1 Å². The quantitative estimate of drug-likeness (QED) is 0.185. The molecule has 0 unspecified atom stereocenters. The van der Waals surface area contributed by atoms with Gasteiger partial charge in [-0.25, -0.2) is 0 Å². The van der Waals surface area contributed by atoms with Crippen LogP contribution in [-0.2, 0) is 4.79 Å². The van der Waals surface area contributed by atoms with E-state index in [2.05, 4.69) is 13.0 Å². The first kappa shape index (κ1) is 26.7. The van der Waals surface area contributed by atoms with Gasteiger partial charge in [0.15, 0.2) is 0 Å². The maximum atomic E-state index is 10.1. The van der Waals surface area contributed by atoms with Gasteiger partial charge in [-0.1, -0.05) is 114 Å². The normalized spacial score (nSPS) is 11.9. The average molecular weight is 355 g/mol. The predicted octanol–water partition coefficient (Wildman–Crippen LogP) is 2.67. The summed E-state index contributed by atoms with van der Waals surface area (Å²) in [6, 6.07) is 0. The van der Waals surface area contributed by atoms with Gasteiger partial charge in [0.25, 0.3) is 0 Å². The number of allylic oxidation sites excluding steroid dienone is 7. The number of rotatable bonds is 16. The van der Waals surface area contributed by atoms with Crippen LogP contribution < -0.4 is 34.7 Å². The number of unbranched alkanes of at least 4 members (excludes halogenated alkanes) is 11. The van der Waals surface area contributed by atoms with Crippen molar-refractivity contribution >= 4 is 5.97 Å². The van der Waals surface area contributed by atoms with Gasteiger partial charge >= 0.3 is 29.6 Å². The second kappa shape index (κ2) is 23.4. The van der Waals surface area contributed by atoms with Crippen LogP contribution in [0.2, 0.25) is 0 Å². The smallest absolute Gasteiger partial charge is 0.545 e. The first-order valence-electron chi connectivity index (χ1n) is 9.65. The van der Waals surface area contributed by atoms with Crippen molar-refractivity contribution in [3.63, 3.8) is 0 Å².